The van der Waals surface area contributed by atoms with Crippen molar-refractivity contribution in [3.63, 3.8) is 0 Å². The van der Waals surface area contributed by atoms with Gasteiger partial charge >= 0.3 is 0 Å². The molecule has 0 aliphatic carbocycles. The number of hydrogen-bond donors (Lipinski definition) is 0. The van der Waals surface area contributed by atoms with Crippen molar-refractivity contribution < 1.29 is 13.2 Å². The third-order valence-electron chi connectivity index (χ3n) is 6.10. The van der Waals surface area contributed by atoms with Crippen LogP contribution in [0.25, 0.3) is 16.7 Å². The Hall–Kier alpha value is -3.12. The number of anilines is 1. The minimum Gasteiger partial charge on any atom is -0.354 e. The second kappa shape index (κ2) is 6.71. The second-order valence-electron chi connectivity index (χ2n) is 7.86. The maximum absolute atomic E-state index is 12.5. The Bertz CT molecular complexity index is 1340. The van der Waals surface area contributed by atoms with E-state index >= 15 is 0 Å². The number of pyridine rings is 1. The van der Waals surface area contributed by atoms with E-state index in [9.17, 15) is 18.5 Å². The van der Waals surface area contributed by atoms with Gasteiger partial charge < -0.3 is 9.80 Å². The average Bonchev–Trinajstić information content (AvgIpc) is 3.10. The van der Waals surface area contributed by atoms with Gasteiger partial charge in [0.1, 0.15) is 11.9 Å². The molecule has 0 radical (unpaired) electrons. The van der Waals surface area contributed by atoms with Crippen molar-refractivity contribution in [2.75, 3.05) is 36.8 Å². The van der Waals surface area contributed by atoms with Crippen LogP contribution >= 0.6 is 0 Å². The van der Waals surface area contributed by atoms with Crippen LogP contribution in [0.15, 0.2) is 24.3 Å². The number of piperazine rings is 1. The highest BCUT2D eigenvalue weighted by molar-refractivity contribution is 7.90. The van der Waals surface area contributed by atoms with E-state index in [0.717, 1.165) is 22.4 Å². The van der Waals surface area contributed by atoms with Gasteiger partial charge in [-0.15, -0.1) is 0 Å². The Balaban J connectivity index is 1.82. The zero-order valence-corrected chi connectivity index (χ0v) is 17.4. The Kier molecular flexibility index (Phi) is 4.22. The van der Waals surface area contributed by atoms with E-state index in [-0.39, 0.29) is 17.4 Å². The number of carbonyl (C=O) groups is 1. The summed E-state index contributed by atoms with van der Waals surface area (Å²) in [6, 6.07) is 9.94. The van der Waals surface area contributed by atoms with Gasteiger partial charge in [-0.25, -0.2) is 13.4 Å². The highest BCUT2D eigenvalue weighted by Crippen LogP contribution is 2.37. The van der Waals surface area contributed by atoms with Crippen LogP contribution in [-0.2, 0) is 26.8 Å². The number of rotatable bonds is 1. The molecule has 0 spiro atoms. The molecule has 2 aliphatic rings. The van der Waals surface area contributed by atoms with Crippen LogP contribution in [0.3, 0.4) is 0 Å². The van der Waals surface area contributed by atoms with Crippen molar-refractivity contribution in [2.45, 2.75) is 19.1 Å². The lowest BCUT2D eigenvalue weighted by atomic mass is 10.0. The first-order chi connectivity index (χ1) is 14.4. The van der Waals surface area contributed by atoms with Crippen LogP contribution in [0.4, 0.5) is 5.82 Å². The minimum atomic E-state index is -3.25. The SMILES string of the molecule is CC(=O)N1CCN(c2c3c(c(C#N)c4nc5ccccc5n24)CCS(=O)(=O)C3)CC1. The summed E-state index contributed by atoms with van der Waals surface area (Å²) >= 11 is 0. The first kappa shape index (κ1) is 18.9. The number of amides is 1. The van der Waals surface area contributed by atoms with Gasteiger partial charge in [-0.05, 0) is 24.1 Å². The lowest BCUT2D eigenvalue weighted by Crippen LogP contribution is -2.49. The number of carbonyl (C=O) groups excluding carboxylic acids is 1. The molecule has 3 aromatic rings. The summed E-state index contributed by atoms with van der Waals surface area (Å²) in [5.74, 6) is 0.793. The van der Waals surface area contributed by atoms with E-state index < -0.39 is 9.84 Å². The summed E-state index contributed by atoms with van der Waals surface area (Å²) in [4.78, 5) is 20.4. The number of hydrogen-bond acceptors (Lipinski definition) is 6. The molecule has 1 aromatic carbocycles. The Morgan fingerprint density at radius 3 is 2.57 bits per heavy atom. The highest BCUT2D eigenvalue weighted by atomic mass is 32.2. The van der Waals surface area contributed by atoms with Crippen molar-refractivity contribution in [1.82, 2.24) is 14.3 Å². The normalized spacial score (nSPS) is 18.4. The predicted molar refractivity (Wildman–Crippen MR) is 113 cm³/mol. The zero-order valence-electron chi connectivity index (χ0n) is 16.6. The van der Waals surface area contributed by atoms with Crippen LogP contribution < -0.4 is 4.90 Å². The number of aromatic nitrogens is 2. The van der Waals surface area contributed by atoms with Gasteiger partial charge in [-0.3, -0.25) is 9.20 Å². The molecular weight excluding hydrogens is 402 g/mol. The maximum atomic E-state index is 12.5. The standard InChI is InChI=1S/C21H21N5O3S/c1-14(27)24-7-9-25(10-8-24)21-17-13-30(28,29)11-6-15(17)16(12-22)20-23-18-4-2-3-5-19(18)26(20)21/h2-5H,6-11,13H2,1H3. The molecule has 8 nitrogen and oxygen atoms in total. The molecule has 4 heterocycles. The molecule has 0 saturated carbocycles. The third kappa shape index (κ3) is 2.82. The van der Waals surface area contributed by atoms with Crippen LogP contribution in [-0.4, -0.2) is 60.5 Å². The van der Waals surface area contributed by atoms with Gasteiger partial charge in [-0.1, -0.05) is 12.1 Å². The molecule has 2 aromatic heterocycles. The number of para-hydroxylation sites is 2. The summed E-state index contributed by atoms with van der Waals surface area (Å²) in [7, 11) is -3.25. The van der Waals surface area contributed by atoms with Crippen molar-refractivity contribution in [1.29, 1.82) is 5.26 Å². The predicted octanol–water partition coefficient (Wildman–Crippen LogP) is 1.50. The topological polar surface area (TPSA) is 98.8 Å². The molecule has 0 unspecified atom stereocenters. The van der Waals surface area contributed by atoms with Crippen molar-refractivity contribution in [3.05, 3.63) is 41.0 Å². The van der Waals surface area contributed by atoms with Gasteiger partial charge in [0.05, 0.1) is 28.1 Å². The molecule has 0 bridgehead atoms. The van der Waals surface area contributed by atoms with E-state index in [1.54, 1.807) is 11.8 Å². The molecule has 1 amide bonds. The smallest absolute Gasteiger partial charge is 0.219 e. The zero-order chi connectivity index (χ0) is 21.0. The average molecular weight is 423 g/mol. The molecule has 0 atom stereocenters. The third-order valence-corrected chi connectivity index (χ3v) is 7.65. The molecule has 1 fully saturated rings. The fourth-order valence-electron chi connectivity index (χ4n) is 4.62. The Morgan fingerprint density at radius 1 is 1.13 bits per heavy atom. The largest absolute Gasteiger partial charge is 0.354 e. The maximum Gasteiger partial charge on any atom is 0.219 e. The van der Waals surface area contributed by atoms with Crippen molar-refractivity contribution in [3.8, 4) is 6.07 Å². The van der Waals surface area contributed by atoms with E-state index in [1.165, 1.54) is 0 Å². The second-order valence-corrected chi connectivity index (χ2v) is 10.0. The summed E-state index contributed by atoms with van der Waals surface area (Å²) in [6.45, 7) is 3.91. The van der Waals surface area contributed by atoms with Gasteiger partial charge in [0, 0.05) is 38.7 Å². The highest BCUT2D eigenvalue weighted by Gasteiger charge is 2.33. The first-order valence-electron chi connectivity index (χ1n) is 9.95. The summed E-state index contributed by atoms with van der Waals surface area (Å²) in [6.07, 6.45) is 0.320. The van der Waals surface area contributed by atoms with E-state index in [0.29, 0.717) is 49.4 Å². The fraction of sp³-hybridized carbons (Fsp3) is 0.381. The van der Waals surface area contributed by atoms with Crippen LogP contribution in [0.2, 0.25) is 0 Å². The van der Waals surface area contributed by atoms with Crippen molar-refractivity contribution >= 4 is 38.2 Å². The quantitative estimate of drug-likeness (QED) is 0.588. The van der Waals surface area contributed by atoms with Crippen LogP contribution in [0, 0.1) is 11.3 Å². The number of nitrogens with zero attached hydrogens (tertiary/aromatic N) is 5. The molecule has 154 valence electrons. The molecule has 30 heavy (non-hydrogen) atoms. The fourth-order valence-corrected chi connectivity index (χ4v) is 6.03. The summed E-state index contributed by atoms with van der Waals surface area (Å²) in [5, 5.41) is 9.93. The molecule has 9 heteroatoms. The number of benzene rings is 1. The van der Waals surface area contributed by atoms with Crippen LogP contribution in [0.5, 0.6) is 0 Å². The lowest BCUT2D eigenvalue weighted by Gasteiger charge is -2.38. The number of nitriles is 1. The van der Waals surface area contributed by atoms with Gasteiger partial charge in [0.2, 0.25) is 5.91 Å². The van der Waals surface area contributed by atoms with Crippen LogP contribution in [0.1, 0.15) is 23.6 Å². The summed E-state index contributed by atoms with van der Waals surface area (Å²) < 4.78 is 27.0. The Labute approximate surface area is 174 Å². The van der Waals surface area contributed by atoms with Gasteiger partial charge in [0.15, 0.2) is 15.5 Å². The lowest BCUT2D eigenvalue weighted by molar-refractivity contribution is -0.129. The molecular formula is C21H21N5O3S. The van der Waals surface area contributed by atoms with Gasteiger partial charge in [-0.2, -0.15) is 5.26 Å². The molecule has 0 N–H and O–H groups in total. The molecule has 2 aliphatic heterocycles. The van der Waals surface area contributed by atoms with E-state index in [2.05, 4.69) is 11.0 Å². The van der Waals surface area contributed by atoms with Gasteiger partial charge in [0.25, 0.3) is 0 Å². The van der Waals surface area contributed by atoms with Crippen molar-refractivity contribution in [2.24, 2.45) is 0 Å². The number of fused-ring (bicyclic) bond motifs is 4. The number of imidazole rings is 1. The van der Waals surface area contributed by atoms with E-state index in [1.807, 2.05) is 28.7 Å². The molecule has 5 rings (SSSR count). The molecule has 1 saturated heterocycles. The Morgan fingerprint density at radius 2 is 1.87 bits per heavy atom. The number of sulfone groups is 1. The first-order valence-corrected chi connectivity index (χ1v) is 11.8. The monoisotopic (exact) mass is 423 g/mol. The van der Waals surface area contributed by atoms with E-state index in [4.69, 9.17) is 4.98 Å². The summed E-state index contributed by atoms with van der Waals surface area (Å²) in [5.41, 5.74) is 4.13. The minimum absolute atomic E-state index is 0.0392.